The van der Waals surface area contributed by atoms with E-state index in [2.05, 4.69) is 35.7 Å². The van der Waals surface area contributed by atoms with Gasteiger partial charge in [-0.2, -0.15) is 13.2 Å². The van der Waals surface area contributed by atoms with Crippen LogP contribution in [0, 0.1) is 13.5 Å². The molecule has 0 aliphatic carbocycles. The fraction of sp³-hybridized carbons (Fsp3) is 0.552. The van der Waals surface area contributed by atoms with Crippen molar-refractivity contribution in [3.63, 3.8) is 0 Å². The predicted octanol–water partition coefficient (Wildman–Crippen LogP) is 6.91. The fourth-order valence-electron chi connectivity index (χ4n) is 5.63. The molecule has 0 spiro atoms. The van der Waals surface area contributed by atoms with E-state index in [0.717, 1.165) is 36.9 Å². The summed E-state index contributed by atoms with van der Waals surface area (Å²) < 4.78 is 46.1. The minimum Gasteiger partial charge on any atom is -0.493 e. The number of rotatable bonds is 8. The average Bonchev–Trinajstić information content (AvgIpc) is 3.40. The van der Waals surface area contributed by atoms with Crippen molar-refractivity contribution in [2.75, 3.05) is 37.7 Å². The third kappa shape index (κ3) is 6.39. The molecular weight excluding hydrogens is 479 g/mol. The molecule has 2 aliphatic heterocycles. The van der Waals surface area contributed by atoms with E-state index >= 15 is 0 Å². The van der Waals surface area contributed by atoms with Gasteiger partial charge < -0.3 is 14.7 Å². The summed E-state index contributed by atoms with van der Waals surface area (Å²) in [6.07, 6.45) is 0.359. The summed E-state index contributed by atoms with van der Waals surface area (Å²) in [4.78, 5) is 7.40. The zero-order chi connectivity index (χ0) is 26.6. The van der Waals surface area contributed by atoms with Gasteiger partial charge in [-0.1, -0.05) is 25.1 Å². The molecule has 0 aromatic heterocycles. The highest BCUT2D eigenvalue weighted by Gasteiger charge is 2.36. The highest BCUT2D eigenvalue weighted by molar-refractivity contribution is 5.62. The van der Waals surface area contributed by atoms with Crippen molar-refractivity contribution in [2.24, 2.45) is 0 Å². The SMILES string of the molecule is [C-]#[N+]c1ccc(N2CCC(O)(CCOc3ccc(C(CC)N4CCCC4)cc3C)CC2)cc1C(F)(F)F. The van der Waals surface area contributed by atoms with Crippen LogP contribution in [0.1, 0.15) is 68.2 Å². The van der Waals surface area contributed by atoms with E-state index in [4.69, 9.17) is 11.3 Å². The molecule has 37 heavy (non-hydrogen) atoms. The van der Waals surface area contributed by atoms with Crippen LogP contribution in [0.5, 0.6) is 5.75 Å². The van der Waals surface area contributed by atoms with Crippen LogP contribution in [-0.4, -0.2) is 48.4 Å². The Hall–Kier alpha value is -2.76. The first kappa shape index (κ1) is 27.3. The number of piperidine rings is 1. The first-order chi connectivity index (χ1) is 17.6. The molecule has 0 amide bonds. The molecule has 1 N–H and O–H groups in total. The number of benzene rings is 2. The highest BCUT2D eigenvalue weighted by Crippen LogP contribution is 2.40. The summed E-state index contributed by atoms with van der Waals surface area (Å²) in [7, 11) is 0. The summed E-state index contributed by atoms with van der Waals surface area (Å²) in [5.74, 6) is 0.820. The largest absolute Gasteiger partial charge is 0.493 e. The molecule has 1 unspecified atom stereocenters. The molecule has 2 aromatic rings. The van der Waals surface area contributed by atoms with Crippen LogP contribution in [-0.2, 0) is 6.18 Å². The Morgan fingerprint density at radius 3 is 2.38 bits per heavy atom. The van der Waals surface area contributed by atoms with E-state index in [1.807, 2.05) is 11.0 Å². The van der Waals surface area contributed by atoms with E-state index in [1.165, 1.54) is 24.5 Å². The quantitative estimate of drug-likeness (QED) is 0.388. The number of aryl methyl sites for hydroxylation is 1. The van der Waals surface area contributed by atoms with Crippen molar-refractivity contribution in [3.8, 4) is 5.75 Å². The highest BCUT2D eigenvalue weighted by atomic mass is 19.4. The molecule has 1 atom stereocenters. The second-order valence-corrected chi connectivity index (χ2v) is 10.3. The minimum absolute atomic E-state index is 0.373. The lowest BCUT2D eigenvalue weighted by molar-refractivity contribution is -0.136. The van der Waals surface area contributed by atoms with Crippen molar-refractivity contribution in [1.29, 1.82) is 0 Å². The Balaban J connectivity index is 1.31. The van der Waals surface area contributed by atoms with Crippen LogP contribution in [0.25, 0.3) is 4.85 Å². The summed E-state index contributed by atoms with van der Waals surface area (Å²) >= 11 is 0. The normalized spacial score (nSPS) is 19.0. The molecule has 8 heteroatoms. The summed E-state index contributed by atoms with van der Waals surface area (Å²) in [6.45, 7) is 14.8. The van der Waals surface area contributed by atoms with Gasteiger partial charge >= 0.3 is 6.18 Å². The minimum atomic E-state index is -4.58. The lowest BCUT2D eigenvalue weighted by atomic mass is 9.88. The molecule has 200 valence electrons. The maximum Gasteiger partial charge on any atom is 0.407 e. The Morgan fingerprint density at radius 1 is 1.08 bits per heavy atom. The molecule has 2 fully saturated rings. The van der Waals surface area contributed by atoms with Gasteiger partial charge in [-0.05, 0) is 81.4 Å². The third-order valence-electron chi connectivity index (χ3n) is 7.84. The molecule has 5 nitrogen and oxygen atoms in total. The number of hydrogen-bond donors (Lipinski definition) is 1. The number of halogens is 3. The number of ether oxygens (including phenoxy) is 1. The second-order valence-electron chi connectivity index (χ2n) is 10.3. The van der Waals surface area contributed by atoms with E-state index in [1.54, 1.807) is 6.07 Å². The van der Waals surface area contributed by atoms with Gasteiger partial charge in [0.25, 0.3) is 0 Å². The zero-order valence-electron chi connectivity index (χ0n) is 21.7. The van der Waals surface area contributed by atoms with Crippen molar-refractivity contribution in [3.05, 3.63) is 64.5 Å². The van der Waals surface area contributed by atoms with Crippen molar-refractivity contribution in [1.82, 2.24) is 4.90 Å². The van der Waals surface area contributed by atoms with Crippen LogP contribution in [0.3, 0.4) is 0 Å². The molecular formula is C29H36F3N3O2. The van der Waals surface area contributed by atoms with Gasteiger partial charge in [-0.3, -0.25) is 4.90 Å². The summed E-state index contributed by atoms with van der Waals surface area (Å²) in [5.41, 5.74) is 0.594. The summed E-state index contributed by atoms with van der Waals surface area (Å²) in [5, 5.41) is 11.1. The molecule has 2 aliphatic rings. The molecule has 2 heterocycles. The maximum absolute atomic E-state index is 13.3. The van der Waals surface area contributed by atoms with Gasteiger partial charge in [0.15, 0.2) is 5.69 Å². The smallest absolute Gasteiger partial charge is 0.407 e. The topological polar surface area (TPSA) is 40.3 Å². The lowest BCUT2D eigenvalue weighted by Gasteiger charge is -2.39. The Labute approximate surface area is 217 Å². The summed E-state index contributed by atoms with van der Waals surface area (Å²) in [6, 6.07) is 10.6. The van der Waals surface area contributed by atoms with Crippen molar-refractivity contribution < 1.29 is 23.0 Å². The number of alkyl halides is 3. The van der Waals surface area contributed by atoms with E-state index in [-0.39, 0.29) is 0 Å². The molecule has 4 rings (SSSR count). The maximum atomic E-state index is 13.3. The number of aliphatic hydroxyl groups is 1. The van der Waals surface area contributed by atoms with Crippen LogP contribution in [0.15, 0.2) is 36.4 Å². The third-order valence-corrected chi connectivity index (χ3v) is 7.84. The van der Waals surface area contributed by atoms with Crippen LogP contribution in [0.2, 0.25) is 0 Å². The number of hydrogen-bond acceptors (Lipinski definition) is 4. The van der Waals surface area contributed by atoms with Crippen LogP contribution < -0.4 is 9.64 Å². The van der Waals surface area contributed by atoms with Crippen molar-refractivity contribution in [2.45, 2.75) is 70.2 Å². The number of anilines is 1. The van der Waals surface area contributed by atoms with Gasteiger partial charge in [-0.25, -0.2) is 4.85 Å². The van der Waals surface area contributed by atoms with Gasteiger partial charge in [0.05, 0.1) is 24.3 Å². The van der Waals surface area contributed by atoms with Gasteiger partial charge in [0.1, 0.15) is 5.75 Å². The number of nitrogens with zero attached hydrogens (tertiary/aromatic N) is 3. The van der Waals surface area contributed by atoms with E-state index in [9.17, 15) is 18.3 Å². The molecule has 2 aromatic carbocycles. The molecule has 0 radical (unpaired) electrons. The zero-order valence-corrected chi connectivity index (χ0v) is 21.7. The first-order valence-corrected chi connectivity index (χ1v) is 13.2. The Bertz CT molecular complexity index is 1110. The molecule has 0 saturated carbocycles. The van der Waals surface area contributed by atoms with Gasteiger partial charge in [-0.15, -0.1) is 0 Å². The lowest BCUT2D eigenvalue weighted by Crippen LogP contribution is -2.45. The van der Waals surface area contributed by atoms with Crippen molar-refractivity contribution >= 4 is 11.4 Å². The van der Waals surface area contributed by atoms with E-state index < -0.39 is 23.0 Å². The number of likely N-dealkylation sites (tertiary alicyclic amines) is 1. The first-order valence-electron chi connectivity index (χ1n) is 13.2. The van der Waals surface area contributed by atoms with Crippen LogP contribution >= 0.6 is 0 Å². The fourth-order valence-corrected chi connectivity index (χ4v) is 5.63. The molecule has 0 bridgehead atoms. The predicted molar refractivity (Wildman–Crippen MR) is 139 cm³/mol. The van der Waals surface area contributed by atoms with E-state index in [0.29, 0.717) is 50.7 Å². The second kappa shape index (κ2) is 11.3. The monoisotopic (exact) mass is 515 g/mol. The van der Waals surface area contributed by atoms with Crippen LogP contribution in [0.4, 0.5) is 24.5 Å². The Morgan fingerprint density at radius 2 is 1.78 bits per heavy atom. The van der Waals surface area contributed by atoms with Gasteiger partial charge in [0.2, 0.25) is 0 Å². The molecule has 2 saturated heterocycles. The Kier molecular flexibility index (Phi) is 8.35. The average molecular weight is 516 g/mol. The van der Waals surface area contributed by atoms with Gasteiger partial charge in [0, 0.05) is 31.2 Å². The standard InChI is InChI=1S/C29H36F3N3O2/c1-4-26(35-14-5-6-15-35)22-7-10-27(21(2)19-22)37-18-13-28(36)11-16-34(17-12-28)23-8-9-25(33-3)24(20-23)29(30,31)32/h7-10,19-20,26,36H,4-6,11-18H2,1-2H3.